The molecule has 7 heteroatoms. The Bertz CT molecular complexity index is 609. The zero-order valence-corrected chi connectivity index (χ0v) is 13.0. The first kappa shape index (κ1) is 13.6. The topological polar surface area (TPSA) is 70.7 Å². The van der Waals surface area contributed by atoms with E-state index < -0.39 is 0 Å². The lowest BCUT2D eigenvalue weighted by atomic mass is 10.3. The number of halogens is 1. The van der Waals surface area contributed by atoms with Gasteiger partial charge in [0.15, 0.2) is 0 Å². The highest BCUT2D eigenvalue weighted by atomic mass is 79.9. The fourth-order valence-electron chi connectivity index (χ4n) is 1.72. The molecule has 1 aromatic carbocycles. The number of benzene rings is 1. The largest absolute Gasteiger partial charge is 0.325 e. The Hall–Kier alpha value is -1.34. The average Bonchev–Trinajstić information content (AvgIpc) is 3.18. The van der Waals surface area contributed by atoms with Crippen molar-refractivity contribution in [2.45, 2.75) is 23.9 Å². The number of nitrogens with zero attached hydrogens (tertiary/aromatic N) is 2. The maximum atomic E-state index is 11.8. The van der Waals surface area contributed by atoms with Crippen LogP contribution in [0.2, 0.25) is 0 Å². The van der Waals surface area contributed by atoms with Gasteiger partial charge < -0.3 is 5.32 Å². The van der Waals surface area contributed by atoms with Crippen molar-refractivity contribution >= 4 is 39.3 Å². The maximum Gasteiger partial charge on any atom is 0.234 e. The minimum Gasteiger partial charge on any atom is -0.325 e. The zero-order valence-electron chi connectivity index (χ0n) is 10.6. The molecule has 1 fully saturated rings. The third kappa shape index (κ3) is 3.61. The van der Waals surface area contributed by atoms with E-state index in [1.54, 1.807) is 0 Å². The first-order valence-corrected chi connectivity index (χ1v) is 8.09. The van der Waals surface area contributed by atoms with Crippen LogP contribution in [0.25, 0.3) is 0 Å². The Morgan fingerprint density at radius 3 is 2.85 bits per heavy atom. The van der Waals surface area contributed by atoms with Crippen molar-refractivity contribution in [3.63, 3.8) is 0 Å². The van der Waals surface area contributed by atoms with Crippen LogP contribution in [-0.4, -0.2) is 26.8 Å². The van der Waals surface area contributed by atoms with Crippen molar-refractivity contribution < 1.29 is 4.79 Å². The van der Waals surface area contributed by atoms with Crippen LogP contribution in [0, 0.1) is 0 Å². The summed E-state index contributed by atoms with van der Waals surface area (Å²) < 4.78 is 0.984. The van der Waals surface area contributed by atoms with E-state index in [1.165, 1.54) is 24.6 Å². The molecular weight excluding hydrogens is 340 g/mol. The molecule has 1 aliphatic carbocycles. The molecule has 1 aliphatic rings. The average molecular weight is 353 g/mol. The number of amides is 1. The van der Waals surface area contributed by atoms with Crippen molar-refractivity contribution in [1.29, 1.82) is 0 Å². The molecule has 0 radical (unpaired) electrons. The summed E-state index contributed by atoms with van der Waals surface area (Å²) in [7, 11) is 0. The molecule has 1 heterocycles. The molecule has 2 aromatic rings. The molecule has 0 saturated heterocycles. The number of rotatable bonds is 5. The standard InChI is InChI=1S/C13H13BrN4OS/c14-9-3-5-10(6-4-9)15-11(19)7-20-13-16-12(17-18-13)8-1-2-8/h3-6,8H,1-2,7H2,(H,15,19)(H,16,17,18). The molecule has 0 aliphatic heterocycles. The minimum atomic E-state index is -0.0601. The Balaban J connectivity index is 1.49. The third-order valence-electron chi connectivity index (χ3n) is 2.91. The molecule has 1 aromatic heterocycles. The first-order chi connectivity index (χ1) is 9.70. The lowest BCUT2D eigenvalue weighted by Gasteiger charge is -2.03. The summed E-state index contributed by atoms with van der Waals surface area (Å²) in [5.74, 6) is 1.74. The normalized spacial score (nSPS) is 14.2. The molecule has 1 saturated carbocycles. The lowest BCUT2D eigenvalue weighted by Crippen LogP contribution is -2.13. The van der Waals surface area contributed by atoms with Crippen molar-refractivity contribution in [2.75, 3.05) is 11.1 Å². The number of aromatic amines is 1. The molecule has 0 atom stereocenters. The van der Waals surface area contributed by atoms with Crippen LogP contribution in [0.15, 0.2) is 33.9 Å². The van der Waals surface area contributed by atoms with Gasteiger partial charge >= 0.3 is 0 Å². The Kier molecular flexibility index (Phi) is 4.07. The molecule has 3 rings (SSSR count). The third-order valence-corrected chi connectivity index (χ3v) is 4.28. The van der Waals surface area contributed by atoms with Crippen molar-refractivity contribution in [3.8, 4) is 0 Å². The monoisotopic (exact) mass is 352 g/mol. The number of nitrogens with one attached hydrogen (secondary N) is 2. The highest BCUT2D eigenvalue weighted by molar-refractivity contribution is 9.10. The van der Waals surface area contributed by atoms with Gasteiger partial charge in [-0.3, -0.25) is 9.89 Å². The molecule has 1 amide bonds. The number of carbonyl (C=O) groups is 1. The summed E-state index contributed by atoms with van der Waals surface area (Å²) in [6.45, 7) is 0. The van der Waals surface area contributed by atoms with E-state index in [1.807, 2.05) is 24.3 Å². The predicted molar refractivity (Wildman–Crippen MR) is 81.9 cm³/mol. The SMILES string of the molecule is O=C(CSc1n[nH]c(C2CC2)n1)Nc1ccc(Br)cc1. The van der Waals surface area contributed by atoms with Crippen LogP contribution >= 0.6 is 27.7 Å². The zero-order chi connectivity index (χ0) is 13.9. The summed E-state index contributed by atoms with van der Waals surface area (Å²) in [5.41, 5.74) is 0.785. The smallest absolute Gasteiger partial charge is 0.234 e. The Morgan fingerprint density at radius 2 is 2.15 bits per heavy atom. The van der Waals surface area contributed by atoms with Gasteiger partial charge in [0.05, 0.1) is 5.75 Å². The van der Waals surface area contributed by atoms with E-state index in [9.17, 15) is 4.79 Å². The van der Waals surface area contributed by atoms with Gasteiger partial charge in [-0.15, -0.1) is 5.10 Å². The maximum absolute atomic E-state index is 11.8. The van der Waals surface area contributed by atoms with Crippen LogP contribution in [0.1, 0.15) is 24.6 Å². The number of hydrogen-bond donors (Lipinski definition) is 2. The lowest BCUT2D eigenvalue weighted by molar-refractivity contribution is -0.113. The van der Waals surface area contributed by atoms with Gasteiger partial charge in [-0.25, -0.2) is 4.98 Å². The van der Waals surface area contributed by atoms with E-state index in [0.717, 1.165) is 16.0 Å². The van der Waals surface area contributed by atoms with Crippen LogP contribution < -0.4 is 5.32 Å². The fourth-order valence-corrected chi connectivity index (χ4v) is 2.59. The van der Waals surface area contributed by atoms with Gasteiger partial charge in [0, 0.05) is 16.1 Å². The number of H-pyrrole nitrogens is 1. The summed E-state index contributed by atoms with van der Waals surface area (Å²) >= 11 is 4.70. The fraction of sp³-hybridized carbons (Fsp3) is 0.308. The van der Waals surface area contributed by atoms with Gasteiger partial charge in [-0.1, -0.05) is 27.7 Å². The molecule has 5 nitrogen and oxygen atoms in total. The van der Waals surface area contributed by atoms with Gasteiger partial charge in [-0.2, -0.15) is 0 Å². The van der Waals surface area contributed by atoms with Crippen LogP contribution in [0.3, 0.4) is 0 Å². The van der Waals surface area contributed by atoms with E-state index >= 15 is 0 Å². The van der Waals surface area contributed by atoms with Gasteiger partial charge in [0.1, 0.15) is 5.82 Å². The van der Waals surface area contributed by atoms with Crippen molar-refractivity contribution in [1.82, 2.24) is 15.2 Å². The summed E-state index contributed by atoms with van der Waals surface area (Å²) in [6, 6.07) is 7.48. The molecule has 0 unspecified atom stereocenters. The van der Waals surface area contributed by atoms with Gasteiger partial charge in [0.2, 0.25) is 11.1 Å². The molecule has 0 spiro atoms. The molecule has 2 N–H and O–H groups in total. The van der Waals surface area contributed by atoms with Crippen molar-refractivity contribution in [3.05, 3.63) is 34.6 Å². The van der Waals surface area contributed by atoms with Crippen LogP contribution in [0.5, 0.6) is 0 Å². The minimum absolute atomic E-state index is 0.0601. The van der Waals surface area contributed by atoms with Gasteiger partial charge in [0.25, 0.3) is 0 Å². The molecule has 20 heavy (non-hydrogen) atoms. The summed E-state index contributed by atoms with van der Waals surface area (Å²) in [4.78, 5) is 16.2. The van der Waals surface area contributed by atoms with Gasteiger partial charge in [-0.05, 0) is 37.1 Å². The second-order valence-electron chi connectivity index (χ2n) is 4.62. The summed E-state index contributed by atoms with van der Waals surface area (Å²) in [6.07, 6.45) is 2.37. The second kappa shape index (κ2) is 5.97. The number of hydrogen-bond acceptors (Lipinski definition) is 4. The number of carbonyl (C=O) groups excluding carboxylic acids is 1. The molecular formula is C13H13BrN4OS. The van der Waals surface area contributed by atoms with E-state index in [-0.39, 0.29) is 5.91 Å². The first-order valence-electron chi connectivity index (χ1n) is 6.31. The van der Waals surface area contributed by atoms with E-state index in [0.29, 0.717) is 16.8 Å². The van der Waals surface area contributed by atoms with E-state index in [4.69, 9.17) is 0 Å². The predicted octanol–water partition coefficient (Wildman–Crippen LogP) is 3.18. The number of anilines is 1. The highest BCUT2D eigenvalue weighted by Crippen LogP contribution is 2.38. The van der Waals surface area contributed by atoms with Crippen molar-refractivity contribution in [2.24, 2.45) is 0 Å². The van der Waals surface area contributed by atoms with E-state index in [2.05, 4.69) is 36.4 Å². The van der Waals surface area contributed by atoms with Crippen LogP contribution in [-0.2, 0) is 4.79 Å². The second-order valence-corrected chi connectivity index (χ2v) is 6.48. The molecule has 0 bridgehead atoms. The Morgan fingerprint density at radius 1 is 1.40 bits per heavy atom. The summed E-state index contributed by atoms with van der Waals surface area (Å²) in [5, 5.41) is 10.5. The van der Waals surface area contributed by atoms with Crippen LogP contribution in [0.4, 0.5) is 5.69 Å². The number of aromatic nitrogens is 3. The molecule has 104 valence electrons. The Labute approximate surface area is 129 Å². The number of thioether (sulfide) groups is 1. The quantitative estimate of drug-likeness (QED) is 0.810. The highest BCUT2D eigenvalue weighted by Gasteiger charge is 2.27.